The molecular weight excluding hydrogens is 400 g/mol. The second-order valence-electron chi connectivity index (χ2n) is 10.4. The predicted octanol–water partition coefficient (Wildman–Crippen LogP) is 7.78. The van der Waals surface area contributed by atoms with Gasteiger partial charge in [-0.05, 0) is 46.2 Å². The zero-order valence-corrected chi connectivity index (χ0v) is 20.4. The number of hydrogen-bond donors (Lipinski definition) is 0. The fourth-order valence-corrected chi connectivity index (χ4v) is 8.32. The third-order valence-corrected chi connectivity index (χ3v) is 9.49. The van der Waals surface area contributed by atoms with Crippen LogP contribution in [0.3, 0.4) is 0 Å². The van der Waals surface area contributed by atoms with Gasteiger partial charge in [0.1, 0.15) is 0 Å². The van der Waals surface area contributed by atoms with E-state index in [0.29, 0.717) is 5.54 Å². The van der Waals surface area contributed by atoms with E-state index >= 15 is 0 Å². The normalized spacial score (nSPS) is 15.1. The summed E-state index contributed by atoms with van der Waals surface area (Å²) >= 11 is 0. The van der Waals surface area contributed by atoms with Crippen molar-refractivity contribution in [2.75, 3.05) is 0 Å². The van der Waals surface area contributed by atoms with Gasteiger partial charge in [0.2, 0.25) is 0 Å². The fraction of sp³-hybridized carbons (Fsp3) is 0.226. The largest absolute Gasteiger partial charge is 0.0688 e. The van der Waals surface area contributed by atoms with Crippen molar-refractivity contribution < 1.29 is 0 Å². The van der Waals surface area contributed by atoms with Gasteiger partial charge in [-0.2, -0.15) is 0 Å². The summed E-state index contributed by atoms with van der Waals surface area (Å²) in [5.41, 5.74) is 9.41. The Morgan fingerprint density at radius 1 is 0.531 bits per heavy atom. The Hall–Kier alpha value is -2.90. The molecule has 0 amide bonds. The first kappa shape index (κ1) is 21.0. The van der Waals surface area contributed by atoms with E-state index in [4.69, 9.17) is 0 Å². The molecule has 0 saturated heterocycles. The van der Waals surface area contributed by atoms with Crippen molar-refractivity contribution in [2.45, 2.75) is 43.4 Å². The van der Waals surface area contributed by atoms with Gasteiger partial charge < -0.3 is 0 Å². The van der Waals surface area contributed by atoms with Crippen LogP contribution < -0.4 is 0 Å². The van der Waals surface area contributed by atoms with E-state index in [0.717, 1.165) is 12.8 Å². The lowest BCUT2D eigenvalue weighted by Crippen LogP contribution is -2.44. The van der Waals surface area contributed by atoms with E-state index in [1.54, 1.807) is 11.1 Å². The van der Waals surface area contributed by atoms with Gasteiger partial charge in [0.05, 0.1) is 8.07 Å². The Morgan fingerprint density at radius 2 is 0.906 bits per heavy atom. The van der Waals surface area contributed by atoms with Crippen LogP contribution in [0.15, 0.2) is 109 Å². The summed E-state index contributed by atoms with van der Waals surface area (Å²) in [5, 5.41) is 0. The summed E-state index contributed by atoms with van der Waals surface area (Å²) in [5.74, 6) is 0. The molecule has 0 nitrogen and oxygen atoms in total. The van der Waals surface area contributed by atoms with Gasteiger partial charge in [-0.15, -0.1) is 0 Å². The van der Waals surface area contributed by atoms with Crippen molar-refractivity contribution in [3.05, 3.63) is 143 Å². The molecule has 0 radical (unpaired) electrons. The van der Waals surface area contributed by atoms with Crippen LogP contribution in [0.1, 0.15) is 38.9 Å². The minimum absolute atomic E-state index is 0.0773. The van der Waals surface area contributed by atoms with E-state index < -0.39 is 8.07 Å². The number of fused-ring (bicyclic) bond motifs is 2. The molecule has 4 aromatic carbocycles. The molecule has 0 heterocycles. The highest BCUT2D eigenvalue weighted by Crippen LogP contribution is 2.52. The first-order chi connectivity index (χ1) is 15.5. The Morgan fingerprint density at radius 3 is 1.31 bits per heavy atom. The first-order valence-electron chi connectivity index (χ1n) is 11.8. The van der Waals surface area contributed by atoms with Crippen molar-refractivity contribution in [1.82, 2.24) is 0 Å². The highest BCUT2D eigenvalue weighted by atomic mass is 28.3. The van der Waals surface area contributed by atoms with Gasteiger partial charge in [-0.25, -0.2) is 0 Å². The number of hydrogen-bond acceptors (Lipinski definition) is 0. The third-order valence-electron chi connectivity index (χ3n) is 7.14. The van der Waals surface area contributed by atoms with Crippen molar-refractivity contribution >= 4 is 8.07 Å². The molecule has 32 heavy (non-hydrogen) atoms. The summed E-state index contributed by atoms with van der Waals surface area (Å²) in [7, 11) is -1.51. The SMILES string of the molecule is C[Si](C)(C)C1c2ccccc2C(Cc2ccccc2)(Cc2ccccc2)c2ccccc21. The lowest BCUT2D eigenvalue weighted by Gasteiger charge is -2.47. The molecule has 0 spiro atoms. The van der Waals surface area contributed by atoms with Crippen LogP contribution >= 0.6 is 0 Å². The van der Waals surface area contributed by atoms with Gasteiger partial charge >= 0.3 is 0 Å². The monoisotopic (exact) mass is 432 g/mol. The topological polar surface area (TPSA) is 0 Å². The zero-order valence-electron chi connectivity index (χ0n) is 19.4. The quantitative estimate of drug-likeness (QED) is 0.282. The maximum absolute atomic E-state index is 2.52. The van der Waals surface area contributed by atoms with Crippen LogP contribution in [0.2, 0.25) is 19.6 Å². The molecule has 1 aliphatic rings. The van der Waals surface area contributed by atoms with Crippen LogP contribution in [0.25, 0.3) is 0 Å². The van der Waals surface area contributed by atoms with Crippen LogP contribution in [0.4, 0.5) is 0 Å². The standard InChI is InChI=1S/C31H32Si/c1-32(2,3)30-26-18-10-12-20-28(26)31(22-24-14-6-4-7-15-24,23-25-16-8-5-9-17-25)29-21-13-11-19-27(29)30/h4-21,30H,22-23H2,1-3H3. The lowest BCUT2D eigenvalue weighted by molar-refractivity contribution is 0.486. The van der Waals surface area contributed by atoms with Crippen molar-refractivity contribution in [2.24, 2.45) is 0 Å². The number of rotatable bonds is 5. The molecule has 5 rings (SSSR count). The van der Waals surface area contributed by atoms with Crippen LogP contribution in [-0.4, -0.2) is 8.07 Å². The molecule has 0 saturated carbocycles. The predicted molar refractivity (Wildman–Crippen MR) is 139 cm³/mol. The maximum Gasteiger partial charge on any atom is 0.0573 e. The zero-order chi connectivity index (χ0) is 22.2. The van der Waals surface area contributed by atoms with Crippen molar-refractivity contribution in [3.8, 4) is 0 Å². The molecule has 0 bridgehead atoms. The second-order valence-corrected chi connectivity index (χ2v) is 15.7. The Bertz CT molecular complexity index is 1110. The van der Waals surface area contributed by atoms with Crippen LogP contribution in [0.5, 0.6) is 0 Å². The molecular formula is C31H32Si. The smallest absolute Gasteiger partial charge is 0.0573 e. The molecule has 0 aliphatic heterocycles. The van der Waals surface area contributed by atoms with E-state index in [1.165, 1.54) is 22.3 Å². The Balaban J connectivity index is 1.81. The summed E-state index contributed by atoms with van der Waals surface area (Å²) in [6.45, 7) is 7.56. The molecule has 0 aromatic heterocycles. The minimum atomic E-state index is -1.51. The average molecular weight is 433 g/mol. The maximum atomic E-state index is 2.52. The van der Waals surface area contributed by atoms with Gasteiger partial charge in [0, 0.05) is 11.0 Å². The lowest BCUT2D eigenvalue weighted by atomic mass is 9.61. The Kier molecular flexibility index (Phi) is 5.39. The van der Waals surface area contributed by atoms with E-state index in [1.807, 2.05) is 0 Å². The Labute approximate surface area is 194 Å². The molecule has 0 atom stereocenters. The first-order valence-corrected chi connectivity index (χ1v) is 15.3. The molecule has 160 valence electrons. The molecule has 1 heteroatoms. The van der Waals surface area contributed by atoms with E-state index in [2.05, 4.69) is 129 Å². The average Bonchev–Trinajstić information content (AvgIpc) is 2.80. The minimum Gasteiger partial charge on any atom is -0.0688 e. The van der Waals surface area contributed by atoms with Crippen LogP contribution in [-0.2, 0) is 18.3 Å². The van der Waals surface area contributed by atoms with E-state index in [9.17, 15) is 0 Å². The van der Waals surface area contributed by atoms with Crippen molar-refractivity contribution in [1.29, 1.82) is 0 Å². The molecule has 0 N–H and O–H groups in total. The fourth-order valence-electron chi connectivity index (χ4n) is 5.95. The van der Waals surface area contributed by atoms with Gasteiger partial charge in [-0.1, -0.05) is 129 Å². The molecule has 0 fully saturated rings. The van der Waals surface area contributed by atoms with E-state index in [-0.39, 0.29) is 5.41 Å². The second kappa shape index (κ2) is 8.22. The van der Waals surface area contributed by atoms with Gasteiger partial charge in [0.15, 0.2) is 0 Å². The van der Waals surface area contributed by atoms with Crippen molar-refractivity contribution in [3.63, 3.8) is 0 Å². The van der Waals surface area contributed by atoms with Gasteiger partial charge in [-0.3, -0.25) is 0 Å². The highest BCUT2D eigenvalue weighted by molar-refractivity contribution is 6.78. The molecule has 1 aliphatic carbocycles. The summed E-state index contributed by atoms with van der Waals surface area (Å²) in [6.07, 6.45) is 2.02. The van der Waals surface area contributed by atoms with Gasteiger partial charge in [0.25, 0.3) is 0 Å². The summed E-state index contributed by atoms with van der Waals surface area (Å²) in [6, 6.07) is 40.8. The number of benzene rings is 4. The molecule has 4 aromatic rings. The third kappa shape index (κ3) is 3.65. The van der Waals surface area contributed by atoms with Crippen LogP contribution in [0, 0.1) is 0 Å². The highest BCUT2D eigenvalue weighted by Gasteiger charge is 2.46. The summed E-state index contributed by atoms with van der Waals surface area (Å²) in [4.78, 5) is 0. The molecule has 0 unspecified atom stereocenters. The summed E-state index contributed by atoms with van der Waals surface area (Å²) < 4.78 is 0.